The first-order chi connectivity index (χ1) is 12.5. The highest BCUT2D eigenvalue weighted by molar-refractivity contribution is 5.85. The lowest BCUT2D eigenvalue weighted by Crippen LogP contribution is -2.33. The van der Waals surface area contributed by atoms with Crippen molar-refractivity contribution in [1.29, 1.82) is 0 Å². The number of nitrogens with two attached hydrogens (primary N) is 1. The lowest BCUT2D eigenvalue weighted by atomic mass is 10.1. The zero-order chi connectivity index (χ0) is 18.9. The van der Waals surface area contributed by atoms with Crippen molar-refractivity contribution in [2.45, 2.75) is 32.1 Å². The molecule has 0 aliphatic carbocycles. The molecule has 2 aromatic rings. The van der Waals surface area contributed by atoms with Gasteiger partial charge in [-0.25, -0.2) is 4.39 Å². The molecule has 2 atom stereocenters. The van der Waals surface area contributed by atoms with Crippen molar-refractivity contribution in [3.63, 3.8) is 0 Å². The standard InChI is InChI=1S/C20H25FN2O3.ClH/c1-14(23-20(24)11-19(12-22)25-2)16-5-9-18(10-6-16)26-13-15-3-7-17(21)8-4-15;/h3-10,14,19H,11-13,22H2,1-2H3,(H,23,24);1H. The van der Waals surface area contributed by atoms with Crippen LogP contribution in [0.25, 0.3) is 0 Å². The molecule has 2 unspecified atom stereocenters. The van der Waals surface area contributed by atoms with Crippen LogP contribution in [-0.2, 0) is 16.1 Å². The Morgan fingerprint density at radius 2 is 1.78 bits per heavy atom. The van der Waals surface area contributed by atoms with Gasteiger partial charge in [0.2, 0.25) is 5.91 Å². The molecular weight excluding hydrogens is 371 g/mol. The van der Waals surface area contributed by atoms with E-state index in [1.54, 1.807) is 19.2 Å². The maximum Gasteiger partial charge on any atom is 0.223 e. The Morgan fingerprint density at radius 1 is 1.15 bits per heavy atom. The van der Waals surface area contributed by atoms with Gasteiger partial charge in [-0.2, -0.15) is 0 Å². The quantitative estimate of drug-likeness (QED) is 0.681. The van der Waals surface area contributed by atoms with Gasteiger partial charge >= 0.3 is 0 Å². The zero-order valence-electron chi connectivity index (χ0n) is 15.5. The molecule has 2 rings (SSSR count). The van der Waals surface area contributed by atoms with Gasteiger partial charge in [-0.15, -0.1) is 12.4 Å². The fraction of sp³-hybridized carbons (Fsp3) is 0.350. The van der Waals surface area contributed by atoms with Crippen molar-refractivity contribution in [2.75, 3.05) is 13.7 Å². The maximum atomic E-state index is 12.9. The van der Waals surface area contributed by atoms with E-state index in [1.807, 2.05) is 31.2 Å². The third-order valence-electron chi connectivity index (χ3n) is 4.09. The molecule has 0 saturated heterocycles. The molecule has 0 aliphatic rings. The summed E-state index contributed by atoms with van der Waals surface area (Å²) in [6.07, 6.45) is -0.0413. The largest absolute Gasteiger partial charge is 0.489 e. The van der Waals surface area contributed by atoms with Crippen LogP contribution in [0.5, 0.6) is 5.75 Å². The lowest BCUT2D eigenvalue weighted by Gasteiger charge is -2.17. The van der Waals surface area contributed by atoms with Gasteiger partial charge in [0.1, 0.15) is 18.2 Å². The molecule has 148 valence electrons. The van der Waals surface area contributed by atoms with Crippen molar-refractivity contribution < 1.29 is 18.7 Å². The monoisotopic (exact) mass is 396 g/mol. The molecule has 5 nitrogen and oxygen atoms in total. The second kappa shape index (κ2) is 11.5. The second-order valence-corrected chi connectivity index (χ2v) is 6.07. The van der Waals surface area contributed by atoms with Gasteiger partial charge in [-0.1, -0.05) is 24.3 Å². The van der Waals surface area contributed by atoms with E-state index < -0.39 is 0 Å². The summed E-state index contributed by atoms with van der Waals surface area (Å²) in [4.78, 5) is 12.0. The molecule has 0 radical (unpaired) electrons. The van der Waals surface area contributed by atoms with E-state index in [0.717, 1.165) is 11.1 Å². The molecule has 1 amide bonds. The fourth-order valence-corrected chi connectivity index (χ4v) is 2.45. The number of benzene rings is 2. The van der Waals surface area contributed by atoms with Gasteiger partial charge in [0.05, 0.1) is 18.6 Å². The molecular formula is C20H26ClFN2O3. The van der Waals surface area contributed by atoms with E-state index in [4.69, 9.17) is 15.2 Å². The molecule has 0 aliphatic heterocycles. The highest BCUT2D eigenvalue weighted by Gasteiger charge is 2.14. The molecule has 2 aromatic carbocycles. The highest BCUT2D eigenvalue weighted by atomic mass is 35.5. The van der Waals surface area contributed by atoms with E-state index in [0.29, 0.717) is 18.9 Å². The topological polar surface area (TPSA) is 73.6 Å². The van der Waals surface area contributed by atoms with Crippen molar-refractivity contribution in [2.24, 2.45) is 5.73 Å². The van der Waals surface area contributed by atoms with E-state index >= 15 is 0 Å². The van der Waals surface area contributed by atoms with E-state index in [1.165, 1.54) is 12.1 Å². The van der Waals surface area contributed by atoms with Crippen LogP contribution < -0.4 is 15.8 Å². The summed E-state index contributed by atoms with van der Waals surface area (Å²) >= 11 is 0. The van der Waals surface area contributed by atoms with Crippen LogP contribution in [-0.4, -0.2) is 25.7 Å². The molecule has 0 aromatic heterocycles. The predicted molar refractivity (Wildman–Crippen MR) is 105 cm³/mol. The van der Waals surface area contributed by atoms with Crippen molar-refractivity contribution in [3.8, 4) is 5.75 Å². The number of halogens is 2. The number of carbonyl (C=O) groups is 1. The zero-order valence-corrected chi connectivity index (χ0v) is 16.3. The third kappa shape index (κ3) is 7.54. The van der Waals surface area contributed by atoms with Crippen LogP contribution in [0.4, 0.5) is 4.39 Å². The van der Waals surface area contributed by atoms with E-state index in [9.17, 15) is 9.18 Å². The molecule has 27 heavy (non-hydrogen) atoms. The van der Waals surface area contributed by atoms with Gasteiger partial charge in [-0.05, 0) is 42.3 Å². The fourth-order valence-electron chi connectivity index (χ4n) is 2.45. The van der Waals surface area contributed by atoms with Gasteiger partial charge in [0.25, 0.3) is 0 Å². The highest BCUT2D eigenvalue weighted by Crippen LogP contribution is 2.19. The Balaban J connectivity index is 0.00000364. The lowest BCUT2D eigenvalue weighted by molar-refractivity contribution is -0.124. The third-order valence-corrected chi connectivity index (χ3v) is 4.09. The number of hydrogen-bond acceptors (Lipinski definition) is 4. The average molecular weight is 397 g/mol. The van der Waals surface area contributed by atoms with Crippen molar-refractivity contribution in [3.05, 3.63) is 65.5 Å². The minimum Gasteiger partial charge on any atom is -0.489 e. The smallest absolute Gasteiger partial charge is 0.223 e. The van der Waals surface area contributed by atoms with Crippen LogP contribution in [0, 0.1) is 5.82 Å². The average Bonchev–Trinajstić information content (AvgIpc) is 2.66. The minimum absolute atomic E-state index is 0. The normalized spacial score (nSPS) is 12.6. The SMILES string of the molecule is COC(CN)CC(=O)NC(C)c1ccc(OCc2ccc(F)cc2)cc1.Cl. The molecule has 0 heterocycles. The number of rotatable bonds is 9. The first-order valence-corrected chi connectivity index (χ1v) is 8.51. The summed E-state index contributed by atoms with van der Waals surface area (Å²) in [5, 5.41) is 2.93. The van der Waals surface area contributed by atoms with Crippen LogP contribution in [0.2, 0.25) is 0 Å². The Hall–Kier alpha value is -2.15. The van der Waals surface area contributed by atoms with Gasteiger partial charge in [-0.3, -0.25) is 4.79 Å². The Kier molecular flexibility index (Phi) is 9.78. The molecule has 3 N–H and O–H groups in total. The summed E-state index contributed by atoms with van der Waals surface area (Å²) in [6, 6.07) is 13.6. The van der Waals surface area contributed by atoms with Crippen molar-refractivity contribution >= 4 is 18.3 Å². The van der Waals surface area contributed by atoms with E-state index in [-0.39, 0.29) is 42.7 Å². The van der Waals surface area contributed by atoms with Crippen LogP contribution in [0.15, 0.2) is 48.5 Å². The van der Waals surface area contributed by atoms with Crippen LogP contribution in [0.1, 0.15) is 30.5 Å². The van der Waals surface area contributed by atoms with Crippen LogP contribution in [0.3, 0.4) is 0 Å². The second-order valence-electron chi connectivity index (χ2n) is 6.07. The predicted octanol–water partition coefficient (Wildman–Crippen LogP) is 3.37. The summed E-state index contributed by atoms with van der Waals surface area (Å²) < 4.78 is 23.7. The van der Waals surface area contributed by atoms with Gasteiger partial charge in [0.15, 0.2) is 0 Å². The number of methoxy groups -OCH3 is 1. The first-order valence-electron chi connectivity index (χ1n) is 8.51. The summed E-state index contributed by atoms with van der Waals surface area (Å²) in [5.74, 6) is 0.336. The summed E-state index contributed by atoms with van der Waals surface area (Å²) in [7, 11) is 1.54. The molecule has 0 saturated carbocycles. The minimum atomic E-state index is -0.274. The molecule has 0 fully saturated rings. The van der Waals surface area contributed by atoms with Crippen molar-refractivity contribution in [1.82, 2.24) is 5.32 Å². The Labute approximate surface area is 165 Å². The first kappa shape index (κ1) is 22.9. The molecule has 7 heteroatoms. The number of carbonyl (C=O) groups excluding carboxylic acids is 1. The number of hydrogen-bond donors (Lipinski definition) is 2. The van der Waals surface area contributed by atoms with Gasteiger partial charge in [0, 0.05) is 13.7 Å². The number of nitrogens with one attached hydrogen (secondary N) is 1. The maximum absolute atomic E-state index is 12.9. The molecule has 0 bridgehead atoms. The Bertz CT molecular complexity index is 691. The number of amides is 1. The van der Waals surface area contributed by atoms with E-state index in [2.05, 4.69) is 5.32 Å². The summed E-state index contributed by atoms with van der Waals surface area (Å²) in [6.45, 7) is 2.58. The Morgan fingerprint density at radius 3 is 2.33 bits per heavy atom. The van der Waals surface area contributed by atoms with Gasteiger partial charge < -0.3 is 20.5 Å². The summed E-state index contributed by atoms with van der Waals surface area (Å²) in [5.41, 5.74) is 7.39. The van der Waals surface area contributed by atoms with Crippen LogP contribution >= 0.6 is 12.4 Å². The molecule has 0 spiro atoms. The number of ether oxygens (including phenoxy) is 2.